The van der Waals surface area contributed by atoms with Crippen LogP contribution in [0.2, 0.25) is 0 Å². The molecule has 2 amide bonds. The van der Waals surface area contributed by atoms with Gasteiger partial charge in [-0.15, -0.1) is 11.3 Å². The van der Waals surface area contributed by atoms with Gasteiger partial charge in [0.25, 0.3) is 0 Å². The molecule has 8 nitrogen and oxygen atoms in total. The number of halogens is 2. The Bertz CT molecular complexity index is 1370. The lowest BCUT2D eigenvalue weighted by Gasteiger charge is -2.21. The third-order valence-electron chi connectivity index (χ3n) is 6.58. The predicted octanol–water partition coefficient (Wildman–Crippen LogP) is 5.77. The number of thiophene rings is 1. The number of hydrogen-bond donors (Lipinski definition) is 4. The molecule has 11 heteroatoms. The molecule has 212 valence electrons. The second kappa shape index (κ2) is 12.8. The highest BCUT2D eigenvalue weighted by Crippen LogP contribution is 2.42. The van der Waals surface area contributed by atoms with Crippen LogP contribution < -0.4 is 26.0 Å². The van der Waals surface area contributed by atoms with Gasteiger partial charge in [-0.1, -0.05) is 12.1 Å². The molecule has 2 aromatic heterocycles. The summed E-state index contributed by atoms with van der Waals surface area (Å²) < 4.78 is 39.9. The number of methoxy groups -OCH3 is 1. The lowest BCUT2D eigenvalue weighted by molar-refractivity contribution is 0.199. The SMILES string of the molecule is COCCNCc1ccc(-c2cc3c(s2)C(CCOc2ccc(NC(=O)NC4CC4)c(F)c2F)=CC(C)N3)nc1. The van der Waals surface area contributed by atoms with Gasteiger partial charge in [0.1, 0.15) is 0 Å². The average Bonchev–Trinajstić information content (AvgIpc) is 3.65. The van der Waals surface area contributed by atoms with Crippen LogP contribution in [0.15, 0.2) is 42.6 Å². The zero-order valence-corrected chi connectivity index (χ0v) is 23.3. The van der Waals surface area contributed by atoms with E-state index in [-0.39, 0.29) is 30.1 Å². The molecule has 3 heterocycles. The fourth-order valence-electron chi connectivity index (χ4n) is 4.39. The maximum absolute atomic E-state index is 14.7. The van der Waals surface area contributed by atoms with E-state index in [2.05, 4.69) is 51.4 Å². The Morgan fingerprint density at radius 2 is 2.02 bits per heavy atom. The summed E-state index contributed by atoms with van der Waals surface area (Å²) in [6.45, 7) is 4.39. The number of carbonyl (C=O) groups excluding carboxylic acids is 1. The lowest BCUT2D eigenvalue weighted by Crippen LogP contribution is -2.30. The number of aromatic nitrogens is 1. The molecule has 1 unspecified atom stereocenters. The van der Waals surface area contributed by atoms with E-state index in [0.29, 0.717) is 13.0 Å². The van der Waals surface area contributed by atoms with E-state index < -0.39 is 17.7 Å². The van der Waals surface area contributed by atoms with Crippen molar-refractivity contribution in [2.45, 2.75) is 44.8 Å². The van der Waals surface area contributed by atoms with Crippen LogP contribution in [0.4, 0.5) is 25.0 Å². The van der Waals surface area contributed by atoms with E-state index in [1.807, 2.05) is 12.3 Å². The van der Waals surface area contributed by atoms with Crippen LogP contribution in [-0.2, 0) is 11.3 Å². The van der Waals surface area contributed by atoms with Gasteiger partial charge in [0, 0.05) is 44.9 Å². The molecule has 0 spiro atoms. The molecule has 0 bridgehead atoms. The fourth-order valence-corrected chi connectivity index (χ4v) is 5.54. The Morgan fingerprint density at radius 3 is 2.77 bits per heavy atom. The number of carbonyl (C=O) groups is 1. The van der Waals surface area contributed by atoms with Gasteiger partial charge < -0.3 is 30.7 Å². The first-order valence-electron chi connectivity index (χ1n) is 13.4. The molecule has 3 aromatic rings. The van der Waals surface area contributed by atoms with Crippen molar-refractivity contribution in [1.82, 2.24) is 15.6 Å². The number of ether oxygens (including phenoxy) is 2. The van der Waals surface area contributed by atoms with Crippen LogP contribution in [-0.4, -0.2) is 50.0 Å². The van der Waals surface area contributed by atoms with E-state index in [9.17, 15) is 13.6 Å². The highest BCUT2D eigenvalue weighted by Gasteiger charge is 2.25. The maximum atomic E-state index is 14.7. The molecule has 0 radical (unpaired) electrons. The van der Waals surface area contributed by atoms with Crippen molar-refractivity contribution in [3.05, 3.63) is 64.7 Å². The number of amides is 2. The van der Waals surface area contributed by atoms with Gasteiger partial charge in [0.2, 0.25) is 5.82 Å². The number of anilines is 2. The van der Waals surface area contributed by atoms with Gasteiger partial charge in [0.05, 0.1) is 40.0 Å². The van der Waals surface area contributed by atoms with Gasteiger partial charge in [-0.25, -0.2) is 9.18 Å². The van der Waals surface area contributed by atoms with Crippen molar-refractivity contribution >= 4 is 34.3 Å². The molecule has 1 aliphatic heterocycles. The summed E-state index contributed by atoms with van der Waals surface area (Å²) in [5.74, 6) is -2.46. The molecule has 1 aromatic carbocycles. The summed E-state index contributed by atoms with van der Waals surface area (Å²) in [7, 11) is 1.68. The molecule has 1 saturated carbocycles. The van der Waals surface area contributed by atoms with Crippen molar-refractivity contribution in [3.8, 4) is 16.3 Å². The minimum Gasteiger partial charge on any atom is -0.490 e. The topological polar surface area (TPSA) is 96.5 Å². The van der Waals surface area contributed by atoms with Crippen molar-refractivity contribution in [1.29, 1.82) is 0 Å². The number of benzene rings is 1. The zero-order valence-electron chi connectivity index (χ0n) is 22.5. The summed E-state index contributed by atoms with van der Waals surface area (Å²) in [6, 6.07) is 8.50. The van der Waals surface area contributed by atoms with E-state index in [1.165, 1.54) is 12.1 Å². The number of nitrogens with one attached hydrogen (secondary N) is 4. The van der Waals surface area contributed by atoms with Crippen molar-refractivity contribution in [2.75, 3.05) is 37.5 Å². The first kappa shape index (κ1) is 28.0. The Balaban J connectivity index is 1.20. The molecule has 0 saturated heterocycles. The molecule has 1 atom stereocenters. The van der Waals surface area contributed by atoms with Crippen LogP contribution in [0, 0.1) is 11.6 Å². The van der Waals surface area contributed by atoms with Gasteiger partial charge in [-0.2, -0.15) is 4.39 Å². The Morgan fingerprint density at radius 1 is 1.18 bits per heavy atom. The maximum Gasteiger partial charge on any atom is 0.319 e. The molecule has 2 aliphatic rings. The molecule has 40 heavy (non-hydrogen) atoms. The normalized spacial score (nSPS) is 16.1. The number of fused-ring (bicyclic) bond motifs is 1. The molecule has 4 N–H and O–H groups in total. The monoisotopic (exact) mass is 569 g/mol. The Hall–Kier alpha value is -3.54. The summed E-state index contributed by atoms with van der Waals surface area (Å²) in [4.78, 5) is 18.7. The second-order valence-electron chi connectivity index (χ2n) is 9.91. The summed E-state index contributed by atoms with van der Waals surface area (Å²) in [6.07, 6.45) is 6.31. The minimum atomic E-state index is -1.15. The first-order valence-corrected chi connectivity index (χ1v) is 14.2. The van der Waals surface area contributed by atoms with Crippen molar-refractivity contribution in [2.24, 2.45) is 0 Å². The lowest BCUT2D eigenvalue weighted by atomic mass is 10.0. The Labute approximate surface area is 236 Å². The average molecular weight is 570 g/mol. The number of pyridine rings is 1. The zero-order chi connectivity index (χ0) is 28.1. The van der Waals surface area contributed by atoms with E-state index in [4.69, 9.17) is 9.47 Å². The standard InChI is InChI=1S/C29H33F2N5O3S/c1-17-13-19(9-11-39-24-8-7-22(26(30)27(24)31)36-29(37)35-20-4-5-20)28-23(34-17)14-25(40-28)21-6-3-18(16-33-21)15-32-10-12-38-2/h3,6-8,13-14,16-17,20,32,34H,4-5,9-12,15H2,1-2H3,(H2,35,36,37). The predicted molar refractivity (Wildman–Crippen MR) is 154 cm³/mol. The molecule has 1 fully saturated rings. The third kappa shape index (κ3) is 6.96. The molecule has 1 aliphatic carbocycles. The highest BCUT2D eigenvalue weighted by molar-refractivity contribution is 7.17. The fraction of sp³-hybridized carbons (Fsp3) is 0.379. The Kier molecular flexibility index (Phi) is 8.93. The van der Waals surface area contributed by atoms with Crippen LogP contribution >= 0.6 is 11.3 Å². The van der Waals surface area contributed by atoms with E-state index in [0.717, 1.165) is 58.2 Å². The summed E-state index contributed by atoms with van der Waals surface area (Å²) >= 11 is 1.64. The van der Waals surface area contributed by atoms with Gasteiger partial charge in [-0.05, 0) is 55.2 Å². The summed E-state index contributed by atoms with van der Waals surface area (Å²) in [5, 5.41) is 11.8. The van der Waals surface area contributed by atoms with Gasteiger partial charge >= 0.3 is 6.03 Å². The van der Waals surface area contributed by atoms with Crippen LogP contribution in [0.25, 0.3) is 16.1 Å². The first-order chi connectivity index (χ1) is 19.4. The van der Waals surface area contributed by atoms with Crippen molar-refractivity contribution < 1.29 is 23.0 Å². The van der Waals surface area contributed by atoms with E-state index in [1.54, 1.807) is 18.4 Å². The van der Waals surface area contributed by atoms with Gasteiger partial charge in [0.15, 0.2) is 11.6 Å². The molecular weight excluding hydrogens is 536 g/mol. The number of hydrogen-bond acceptors (Lipinski definition) is 7. The van der Waals surface area contributed by atoms with Crippen LogP contribution in [0.1, 0.15) is 36.6 Å². The largest absolute Gasteiger partial charge is 0.490 e. The van der Waals surface area contributed by atoms with Gasteiger partial charge in [-0.3, -0.25) is 4.98 Å². The van der Waals surface area contributed by atoms with Crippen molar-refractivity contribution in [3.63, 3.8) is 0 Å². The number of rotatable bonds is 12. The summed E-state index contributed by atoms with van der Waals surface area (Å²) in [5.41, 5.74) is 3.86. The smallest absolute Gasteiger partial charge is 0.319 e. The third-order valence-corrected chi connectivity index (χ3v) is 7.82. The molecule has 5 rings (SSSR count). The molecular formula is C29H33F2N5O3S. The number of urea groups is 1. The quantitative estimate of drug-likeness (QED) is 0.207. The second-order valence-corrected chi connectivity index (χ2v) is 11.0. The number of nitrogens with zero attached hydrogens (tertiary/aromatic N) is 1. The van der Waals surface area contributed by atoms with Crippen LogP contribution in [0.3, 0.4) is 0 Å². The van der Waals surface area contributed by atoms with E-state index >= 15 is 0 Å². The van der Waals surface area contributed by atoms with Crippen LogP contribution in [0.5, 0.6) is 5.75 Å². The highest BCUT2D eigenvalue weighted by atomic mass is 32.1. The minimum absolute atomic E-state index is 0.109.